The van der Waals surface area contributed by atoms with Gasteiger partial charge >= 0.3 is 0 Å². The van der Waals surface area contributed by atoms with Gasteiger partial charge in [-0.2, -0.15) is 0 Å². The molecular formula is C61H48N4. The first-order chi connectivity index (χ1) is 32.2. The van der Waals surface area contributed by atoms with Crippen molar-refractivity contribution in [3.63, 3.8) is 0 Å². The molecule has 9 aromatic carbocycles. The van der Waals surface area contributed by atoms with E-state index in [-0.39, 0.29) is 0 Å². The zero-order chi connectivity index (χ0) is 43.3. The summed E-state index contributed by atoms with van der Waals surface area (Å²) >= 11 is 0. The normalized spacial score (nSPS) is 15.0. The van der Waals surface area contributed by atoms with E-state index in [1.165, 1.54) is 61.2 Å². The van der Waals surface area contributed by atoms with Crippen molar-refractivity contribution in [1.82, 2.24) is 9.13 Å². The van der Waals surface area contributed by atoms with Gasteiger partial charge in [0.1, 0.15) is 0 Å². The maximum atomic E-state index is 2.59. The fourth-order valence-corrected chi connectivity index (χ4v) is 10.4. The molecule has 0 saturated carbocycles. The third kappa shape index (κ3) is 6.77. The third-order valence-electron chi connectivity index (χ3n) is 13.5. The summed E-state index contributed by atoms with van der Waals surface area (Å²) in [5.74, 6) is 0.555. The number of nitrogens with zero attached hydrogens (tertiary/aromatic N) is 4. The molecule has 0 bridgehead atoms. The summed E-state index contributed by atoms with van der Waals surface area (Å²) in [5.41, 5.74) is 15.1. The van der Waals surface area contributed by atoms with E-state index in [0.29, 0.717) is 12.0 Å². The molecule has 312 valence electrons. The van der Waals surface area contributed by atoms with Gasteiger partial charge in [0.05, 0.1) is 22.6 Å². The van der Waals surface area contributed by atoms with E-state index in [4.69, 9.17) is 0 Å². The van der Waals surface area contributed by atoms with Crippen molar-refractivity contribution in [3.8, 4) is 16.8 Å². The summed E-state index contributed by atoms with van der Waals surface area (Å²) in [6.45, 7) is 2.40. The minimum atomic E-state index is 0.313. The molecule has 4 heteroatoms. The number of para-hydroxylation sites is 5. The van der Waals surface area contributed by atoms with Crippen LogP contribution < -0.4 is 9.80 Å². The standard InChI is InChI=1S/C61H48N4/c1-43-17-11-14-26-57(43)65-59-28-16-13-25-54(59)56-40-38-52(42-61(56)65)63(47-20-7-3-8-21-47)50-35-31-45(32-36-50)44-29-33-49(34-30-44)62(46-18-5-2-6-19-46)51-37-39-55-53-24-12-15-27-58(53)64(60(55)41-51)48-22-9-4-10-23-48/h2-10,12-16,18-43,57H,11,17H2,1H3. The van der Waals surface area contributed by atoms with E-state index in [9.17, 15) is 0 Å². The van der Waals surface area contributed by atoms with Crippen molar-refractivity contribution in [1.29, 1.82) is 0 Å². The molecular weight excluding hydrogens is 789 g/mol. The average Bonchev–Trinajstić information content (AvgIpc) is 3.88. The van der Waals surface area contributed by atoms with Gasteiger partial charge in [-0.05, 0) is 127 Å². The van der Waals surface area contributed by atoms with E-state index in [2.05, 4.69) is 262 Å². The van der Waals surface area contributed by atoms with Gasteiger partial charge in [0, 0.05) is 66.9 Å². The number of benzene rings is 9. The summed E-state index contributed by atoms with van der Waals surface area (Å²) in [6, 6.07) is 82.0. The predicted octanol–water partition coefficient (Wildman–Crippen LogP) is 17.0. The first-order valence-corrected chi connectivity index (χ1v) is 22.9. The Morgan fingerprint density at radius 1 is 0.385 bits per heavy atom. The zero-order valence-corrected chi connectivity index (χ0v) is 36.4. The number of hydrogen-bond acceptors (Lipinski definition) is 2. The van der Waals surface area contributed by atoms with Gasteiger partial charge in [-0.1, -0.05) is 146 Å². The monoisotopic (exact) mass is 836 g/mol. The molecule has 2 atom stereocenters. The molecule has 4 nitrogen and oxygen atoms in total. The largest absolute Gasteiger partial charge is 0.333 e. The molecule has 0 radical (unpaired) electrons. The number of allylic oxidation sites excluding steroid dienone is 2. The van der Waals surface area contributed by atoms with Crippen LogP contribution in [0.2, 0.25) is 0 Å². The average molecular weight is 837 g/mol. The number of rotatable bonds is 9. The zero-order valence-electron chi connectivity index (χ0n) is 36.4. The Bertz CT molecular complexity index is 3490. The van der Waals surface area contributed by atoms with Crippen LogP contribution in [-0.2, 0) is 0 Å². The third-order valence-corrected chi connectivity index (χ3v) is 13.5. The summed E-state index contributed by atoms with van der Waals surface area (Å²) in [6.07, 6.45) is 7.14. The van der Waals surface area contributed by atoms with Crippen molar-refractivity contribution in [2.75, 3.05) is 9.80 Å². The highest BCUT2D eigenvalue weighted by Crippen LogP contribution is 2.44. The van der Waals surface area contributed by atoms with E-state index < -0.39 is 0 Å². The maximum Gasteiger partial charge on any atom is 0.0561 e. The molecule has 0 aliphatic heterocycles. The minimum absolute atomic E-state index is 0.313. The molecule has 12 rings (SSSR count). The SMILES string of the molecule is CC1CCC=CC1n1c2ccccc2c2ccc(N(c3ccccc3)c3ccc(-c4ccc(N(c5ccccc5)c5ccc6c7ccccc7n(-c7ccccc7)c6c5)cc4)cc3)cc21. The Morgan fingerprint density at radius 2 is 0.815 bits per heavy atom. The Balaban J connectivity index is 0.910. The van der Waals surface area contributed by atoms with Crippen LogP contribution in [0.5, 0.6) is 0 Å². The van der Waals surface area contributed by atoms with Crippen LogP contribution in [0.4, 0.5) is 34.1 Å². The Hall–Kier alpha value is -8.08. The molecule has 0 N–H and O–H groups in total. The highest BCUT2D eigenvalue weighted by atomic mass is 15.2. The van der Waals surface area contributed by atoms with Crippen molar-refractivity contribution in [2.24, 2.45) is 5.92 Å². The van der Waals surface area contributed by atoms with Gasteiger partial charge in [0.25, 0.3) is 0 Å². The fourth-order valence-electron chi connectivity index (χ4n) is 10.4. The maximum absolute atomic E-state index is 2.59. The van der Waals surface area contributed by atoms with Crippen LogP contribution in [0.1, 0.15) is 25.8 Å². The van der Waals surface area contributed by atoms with Crippen molar-refractivity contribution >= 4 is 77.7 Å². The summed E-state index contributed by atoms with van der Waals surface area (Å²) in [7, 11) is 0. The molecule has 2 heterocycles. The molecule has 0 amide bonds. The second kappa shape index (κ2) is 16.2. The van der Waals surface area contributed by atoms with Crippen LogP contribution in [-0.4, -0.2) is 9.13 Å². The lowest BCUT2D eigenvalue weighted by Gasteiger charge is -2.29. The number of hydrogen-bond donors (Lipinski definition) is 0. The smallest absolute Gasteiger partial charge is 0.0561 e. The van der Waals surface area contributed by atoms with Gasteiger partial charge in [-0.25, -0.2) is 0 Å². The number of fused-ring (bicyclic) bond motifs is 6. The molecule has 11 aromatic rings. The molecule has 1 aliphatic carbocycles. The molecule has 1 aliphatic rings. The van der Waals surface area contributed by atoms with E-state index in [1.54, 1.807) is 0 Å². The highest BCUT2D eigenvalue weighted by Gasteiger charge is 2.25. The second-order valence-electron chi connectivity index (χ2n) is 17.4. The van der Waals surface area contributed by atoms with E-state index in [0.717, 1.165) is 46.2 Å². The van der Waals surface area contributed by atoms with Gasteiger partial charge < -0.3 is 18.9 Å². The summed E-state index contributed by atoms with van der Waals surface area (Å²) in [5, 5.41) is 5.09. The lowest BCUT2D eigenvalue weighted by Crippen LogP contribution is -2.17. The number of anilines is 6. The van der Waals surface area contributed by atoms with Crippen molar-refractivity contribution in [2.45, 2.75) is 25.8 Å². The Kier molecular flexibility index (Phi) is 9.64. The van der Waals surface area contributed by atoms with Gasteiger partial charge in [0.15, 0.2) is 0 Å². The number of aromatic nitrogens is 2. The van der Waals surface area contributed by atoms with Gasteiger partial charge in [-0.15, -0.1) is 0 Å². The van der Waals surface area contributed by atoms with E-state index >= 15 is 0 Å². The predicted molar refractivity (Wildman–Crippen MR) is 275 cm³/mol. The molecule has 0 fully saturated rings. The van der Waals surface area contributed by atoms with Crippen LogP contribution in [0.3, 0.4) is 0 Å². The van der Waals surface area contributed by atoms with Crippen molar-refractivity contribution in [3.05, 3.63) is 237 Å². The molecule has 2 unspecified atom stereocenters. The quantitative estimate of drug-likeness (QED) is 0.135. The minimum Gasteiger partial charge on any atom is -0.333 e. The highest BCUT2D eigenvalue weighted by molar-refractivity contribution is 6.11. The van der Waals surface area contributed by atoms with Crippen LogP contribution in [0.25, 0.3) is 60.4 Å². The first-order valence-electron chi connectivity index (χ1n) is 22.9. The molecule has 0 spiro atoms. The lowest BCUT2D eigenvalue weighted by molar-refractivity contribution is 0.394. The fraction of sp³-hybridized carbons (Fsp3) is 0.0820. The molecule has 0 saturated heterocycles. The second-order valence-corrected chi connectivity index (χ2v) is 17.4. The Labute approximate surface area is 380 Å². The van der Waals surface area contributed by atoms with Crippen LogP contribution in [0, 0.1) is 5.92 Å². The summed E-state index contributed by atoms with van der Waals surface area (Å²) in [4.78, 5) is 4.75. The van der Waals surface area contributed by atoms with Gasteiger partial charge in [-0.3, -0.25) is 0 Å². The lowest BCUT2D eigenvalue weighted by atomic mass is 9.91. The Morgan fingerprint density at radius 3 is 1.38 bits per heavy atom. The summed E-state index contributed by atoms with van der Waals surface area (Å²) < 4.78 is 4.97. The van der Waals surface area contributed by atoms with E-state index in [1.807, 2.05) is 0 Å². The van der Waals surface area contributed by atoms with Gasteiger partial charge in [0.2, 0.25) is 0 Å². The topological polar surface area (TPSA) is 16.3 Å². The first kappa shape index (κ1) is 38.6. The van der Waals surface area contributed by atoms with Crippen LogP contribution in [0.15, 0.2) is 237 Å². The molecule has 65 heavy (non-hydrogen) atoms. The molecule has 2 aromatic heterocycles. The van der Waals surface area contributed by atoms with Crippen molar-refractivity contribution < 1.29 is 0 Å². The van der Waals surface area contributed by atoms with Crippen LogP contribution >= 0.6 is 0 Å².